The number of hydrogen-bond donors (Lipinski definition) is 0. The van der Waals surface area contributed by atoms with E-state index in [1.165, 1.54) is 10.9 Å². The Bertz CT molecular complexity index is 1210. The molecule has 10 heteroatoms. The number of rotatable bonds is 6. The lowest BCUT2D eigenvalue weighted by molar-refractivity contribution is -0.902. The highest BCUT2D eigenvalue weighted by atomic mass is 35.5. The van der Waals surface area contributed by atoms with Crippen molar-refractivity contribution in [1.29, 1.82) is 0 Å². The molecule has 0 aliphatic heterocycles. The second-order valence-corrected chi connectivity index (χ2v) is 7.75. The van der Waals surface area contributed by atoms with Gasteiger partial charge in [0, 0.05) is 6.07 Å². The molecule has 0 radical (unpaired) electrons. The molecule has 4 rings (SSSR count). The molecule has 0 saturated heterocycles. The zero-order valence-electron chi connectivity index (χ0n) is 18.5. The van der Waals surface area contributed by atoms with Crippen LogP contribution in [0, 0.1) is 0 Å². The average molecular weight is 526 g/mol. The van der Waals surface area contributed by atoms with Gasteiger partial charge in [-0.25, -0.2) is 0 Å². The summed E-state index contributed by atoms with van der Waals surface area (Å²) in [5.74, 6) is 0.0127. The Morgan fingerprint density at radius 2 is 1.22 bits per heavy atom. The maximum absolute atomic E-state index is 13.2. The molecule has 0 N–H and O–H groups in total. The van der Waals surface area contributed by atoms with Crippen LogP contribution in [0.5, 0.6) is 0 Å². The molecular weight excluding hydrogens is 506 g/mol. The Morgan fingerprint density at radius 1 is 0.722 bits per heavy atom. The van der Waals surface area contributed by atoms with Crippen LogP contribution in [-0.4, -0.2) is 4.98 Å². The van der Waals surface area contributed by atoms with Crippen LogP contribution in [0.1, 0.15) is 39.6 Å². The van der Waals surface area contributed by atoms with Gasteiger partial charge in [-0.1, -0.05) is 60.7 Å². The zero-order chi connectivity index (χ0) is 25.1. The first-order valence-corrected chi connectivity index (χ1v) is 10.5. The predicted octanol–water partition coefficient (Wildman–Crippen LogP) is 6.64. The first-order valence-electron chi connectivity index (χ1n) is 10.5. The Balaban J connectivity index is 0.00000361. The lowest BCUT2D eigenvalue weighted by atomic mass is 9.90. The van der Waals surface area contributed by atoms with E-state index < -0.39 is 36.0 Å². The minimum absolute atomic E-state index is 0. The molecular formula is C26H20ClF6N2O+. The van der Waals surface area contributed by atoms with Crippen LogP contribution in [0.4, 0.5) is 26.3 Å². The molecule has 0 atom stereocenters. The number of alkyl halides is 6. The summed E-state index contributed by atoms with van der Waals surface area (Å²) in [6.07, 6.45) is -6.82. The van der Waals surface area contributed by atoms with Gasteiger partial charge >= 0.3 is 18.2 Å². The second kappa shape index (κ2) is 11.0. The maximum atomic E-state index is 13.2. The fourth-order valence-electron chi connectivity index (χ4n) is 3.71. The highest BCUT2D eigenvalue weighted by molar-refractivity contribution is 5.85. The average Bonchev–Trinajstić information content (AvgIpc) is 2.84. The highest BCUT2D eigenvalue weighted by Crippen LogP contribution is 2.36. The molecule has 0 aliphatic rings. The number of aromatic nitrogens is 2. The number of benzene rings is 3. The van der Waals surface area contributed by atoms with Crippen molar-refractivity contribution in [1.82, 2.24) is 4.98 Å². The topological polar surface area (TPSA) is 26.0 Å². The van der Waals surface area contributed by atoms with E-state index in [1.807, 2.05) is 60.7 Å². The monoisotopic (exact) mass is 525 g/mol. The van der Waals surface area contributed by atoms with Gasteiger partial charge < -0.3 is 4.84 Å². The summed E-state index contributed by atoms with van der Waals surface area (Å²) in [4.78, 5) is 10.1. The van der Waals surface area contributed by atoms with E-state index in [1.54, 1.807) is 12.3 Å². The molecule has 1 aromatic heterocycles. The van der Waals surface area contributed by atoms with Gasteiger partial charge in [-0.05, 0) is 44.6 Å². The van der Waals surface area contributed by atoms with E-state index in [4.69, 9.17) is 4.84 Å². The van der Waals surface area contributed by atoms with Crippen molar-refractivity contribution in [3.8, 4) is 0 Å². The summed E-state index contributed by atoms with van der Waals surface area (Å²) in [6.45, 7) is -0.535. The van der Waals surface area contributed by atoms with Gasteiger partial charge in [0.15, 0.2) is 6.61 Å². The molecule has 3 aromatic carbocycles. The number of hydrogen-bond acceptors (Lipinski definition) is 2. The van der Waals surface area contributed by atoms with Crippen molar-refractivity contribution in [2.24, 2.45) is 0 Å². The van der Waals surface area contributed by atoms with Crippen LogP contribution >= 0.6 is 12.4 Å². The van der Waals surface area contributed by atoms with Gasteiger partial charge in [0.1, 0.15) is 18.3 Å². The normalized spacial score (nSPS) is 11.8. The quantitative estimate of drug-likeness (QED) is 0.208. The van der Waals surface area contributed by atoms with Crippen LogP contribution in [-0.2, 0) is 19.0 Å². The zero-order valence-corrected chi connectivity index (χ0v) is 19.3. The molecule has 0 amide bonds. The first kappa shape index (κ1) is 27.0. The SMILES string of the molecule is Cl.FC(F)(F)c1cc(CO[n+]2cccnc2C(c2ccccc2)c2ccccc2)cc(C(F)(F)F)c1. The minimum Gasteiger partial charge on any atom is -0.331 e. The minimum atomic E-state index is -4.94. The summed E-state index contributed by atoms with van der Waals surface area (Å²) < 4.78 is 80.6. The summed E-state index contributed by atoms with van der Waals surface area (Å²) >= 11 is 0. The van der Waals surface area contributed by atoms with Gasteiger partial charge in [0.2, 0.25) is 0 Å². The molecule has 0 bridgehead atoms. The summed E-state index contributed by atoms with van der Waals surface area (Å²) in [5.41, 5.74) is -1.30. The fourth-order valence-corrected chi connectivity index (χ4v) is 3.71. The van der Waals surface area contributed by atoms with E-state index >= 15 is 0 Å². The van der Waals surface area contributed by atoms with Gasteiger partial charge in [0.05, 0.1) is 11.1 Å². The van der Waals surface area contributed by atoms with Crippen molar-refractivity contribution >= 4 is 12.4 Å². The van der Waals surface area contributed by atoms with Crippen LogP contribution in [0.2, 0.25) is 0 Å². The summed E-state index contributed by atoms with van der Waals surface area (Å²) in [7, 11) is 0. The molecule has 0 spiro atoms. The molecule has 0 fully saturated rings. The van der Waals surface area contributed by atoms with Crippen molar-refractivity contribution in [3.05, 3.63) is 131 Å². The van der Waals surface area contributed by atoms with Crippen molar-refractivity contribution in [2.75, 3.05) is 0 Å². The molecule has 4 aromatic rings. The van der Waals surface area contributed by atoms with Gasteiger partial charge in [-0.3, -0.25) is 0 Å². The van der Waals surface area contributed by atoms with Gasteiger partial charge in [-0.15, -0.1) is 12.4 Å². The van der Waals surface area contributed by atoms with E-state index in [9.17, 15) is 26.3 Å². The Hall–Kier alpha value is -3.59. The lowest BCUT2D eigenvalue weighted by Crippen LogP contribution is -2.47. The van der Waals surface area contributed by atoms with Crippen LogP contribution in [0.3, 0.4) is 0 Å². The van der Waals surface area contributed by atoms with Crippen molar-refractivity contribution in [3.63, 3.8) is 0 Å². The smallest absolute Gasteiger partial charge is 0.331 e. The van der Waals surface area contributed by atoms with E-state index in [0.717, 1.165) is 11.1 Å². The third kappa shape index (κ3) is 6.34. The third-order valence-corrected chi connectivity index (χ3v) is 5.28. The van der Waals surface area contributed by atoms with E-state index in [2.05, 4.69) is 4.98 Å². The fraction of sp³-hybridized carbons (Fsp3) is 0.154. The van der Waals surface area contributed by atoms with E-state index in [0.29, 0.717) is 18.0 Å². The van der Waals surface area contributed by atoms with Gasteiger partial charge in [-0.2, -0.15) is 26.3 Å². The molecule has 3 nitrogen and oxygen atoms in total. The Labute approximate surface area is 209 Å². The standard InChI is InChI=1S/C26H19F6N2O.ClH/c27-25(28,29)21-14-18(15-22(16-21)26(30,31)32)17-35-34-13-7-12-33-24(34)23(19-8-3-1-4-9-19)20-10-5-2-6-11-20;/h1-16,23H,17H2;1H/q+1;. The van der Waals surface area contributed by atoms with E-state index in [-0.39, 0.29) is 24.0 Å². The molecule has 1 heterocycles. The van der Waals surface area contributed by atoms with Crippen LogP contribution < -0.4 is 9.57 Å². The molecule has 188 valence electrons. The summed E-state index contributed by atoms with van der Waals surface area (Å²) in [5, 5.41) is 0. The van der Waals surface area contributed by atoms with Gasteiger partial charge in [0.25, 0.3) is 0 Å². The van der Waals surface area contributed by atoms with Crippen LogP contribution in [0.25, 0.3) is 0 Å². The van der Waals surface area contributed by atoms with Crippen molar-refractivity contribution in [2.45, 2.75) is 24.9 Å². The maximum Gasteiger partial charge on any atom is 0.416 e. The number of halogens is 7. The molecule has 0 aliphatic carbocycles. The number of nitrogens with zero attached hydrogens (tertiary/aromatic N) is 2. The Kier molecular flexibility index (Phi) is 8.24. The lowest BCUT2D eigenvalue weighted by Gasteiger charge is -2.16. The largest absolute Gasteiger partial charge is 0.416 e. The first-order chi connectivity index (χ1) is 16.6. The molecule has 36 heavy (non-hydrogen) atoms. The highest BCUT2D eigenvalue weighted by Gasteiger charge is 2.37. The molecule has 0 unspecified atom stereocenters. The van der Waals surface area contributed by atoms with Crippen LogP contribution in [0.15, 0.2) is 97.3 Å². The third-order valence-electron chi connectivity index (χ3n) is 5.28. The molecule has 0 saturated carbocycles. The predicted molar refractivity (Wildman–Crippen MR) is 122 cm³/mol. The second-order valence-electron chi connectivity index (χ2n) is 7.75. The summed E-state index contributed by atoms with van der Waals surface area (Å²) in [6, 6.07) is 21.7. The Morgan fingerprint density at radius 3 is 1.69 bits per heavy atom. The van der Waals surface area contributed by atoms with Crippen molar-refractivity contribution < 1.29 is 35.9 Å².